The molecular formula is C18H25FN2O3. The first-order valence-electron chi connectivity index (χ1n) is 8.67. The molecule has 2 fully saturated rings. The lowest BCUT2D eigenvalue weighted by Gasteiger charge is -2.35. The molecular weight excluding hydrogens is 311 g/mol. The van der Waals surface area contributed by atoms with E-state index in [0.29, 0.717) is 5.92 Å². The summed E-state index contributed by atoms with van der Waals surface area (Å²) in [6.45, 7) is 6.36. The van der Waals surface area contributed by atoms with Crippen molar-refractivity contribution in [2.24, 2.45) is 5.92 Å². The summed E-state index contributed by atoms with van der Waals surface area (Å²) >= 11 is 0. The Bertz CT molecular complexity index is 541. The van der Waals surface area contributed by atoms with Crippen molar-refractivity contribution in [2.45, 2.75) is 12.8 Å². The fourth-order valence-electron chi connectivity index (χ4n) is 3.24. The second-order valence-electron chi connectivity index (χ2n) is 6.44. The highest BCUT2D eigenvalue weighted by atomic mass is 19.1. The lowest BCUT2D eigenvalue weighted by atomic mass is 10.1. The number of nitrogens with zero attached hydrogens (tertiary/aromatic N) is 2. The second kappa shape index (κ2) is 8.44. The maximum absolute atomic E-state index is 13.4. The largest absolute Gasteiger partial charge is 0.490 e. The van der Waals surface area contributed by atoms with E-state index < -0.39 is 5.82 Å². The molecule has 2 saturated heterocycles. The zero-order chi connectivity index (χ0) is 16.8. The minimum atomic E-state index is -0.394. The van der Waals surface area contributed by atoms with Gasteiger partial charge in [-0.15, -0.1) is 0 Å². The van der Waals surface area contributed by atoms with Crippen molar-refractivity contribution < 1.29 is 18.7 Å². The molecule has 1 atom stereocenters. The van der Waals surface area contributed by atoms with E-state index in [0.717, 1.165) is 52.4 Å². The van der Waals surface area contributed by atoms with Gasteiger partial charge in [-0.05, 0) is 24.5 Å². The lowest BCUT2D eigenvalue weighted by molar-refractivity contribution is -0.133. The van der Waals surface area contributed by atoms with E-state index in [2.05, 4.69) is 4.90 Å². The van der Waals surface area contributed by atoms with Crippen LogP contribution in [0.15, 0.2) is 24.3 Å². The van der Waals surface area contributed by atoms with Gasteiger partial charge in [-0.1, -0.05) is 12.1 Å². The topological polar surface area (TPSA) is 42.0 Å². The molecule has 0 aromatic heterocycles. The normalized spacial score (nSPS) is 21.9. The third-order valence-electron chi connectivity index (χ3n) is 4.68. The summed E-state index contributed by atoms with van der Waals surface area (Å²) in [7, 11) is 0. The molecule has 1 amide bonds. The number of para-hydroxylation sites is 1. The molecule has 2 heterocycles. The Kier molecular flexibility index (Phi) is 6.04. The highest BCUT2D eigenvalue weighted by molar-refractivity contribution is 5.76. The monoisotopic (exact) mass is 336 g/mol. The van der Waals surface area contributed by atoms with Crippen LogP contribution in [0.25, 0.3) is 0 Å². The summed E-state index contributed by atoms with van der Waals surface area (Å²) in [5.74, 6) is 0.528. The van der Waals surface area contributed by atoms with E-state index in [1.54, 1.807) is 18.2 Å². The minimum Gasteiger partial charge on any atom is -0.490 e. The van der Waals surface area contributed by atoms with Crippen molar-refractivity contribution in [1.29, 1.82) is 0 Å². The second-order valence-corrected chi connectivity index (χ2v) is 6.44. The molecule has 0 aliphatic carbocycles. The number of carbonyl (C=O) groups excluding carboxylic acids is 1. The molecule has 0 bridgehead atoms. The van der Waals surface area contributed by atoms with Gasteiger partial charge >= 0.3 is 0 Å². The van der Waals surface area contributed by atoms with Gasteiger partial charge in [0.15, 0.2) is 11.6 Å². The molecule has 0 saturated carbocycles. The van der Waals surface area contributed by atoms with E-state index in [1.807, 2.05) is 4.90 Å². The van der Waals surface area contributed by atoms with E-state index >= 15 is 0 Å². The smallest absolute Gasteiger partial charge is 0.226 e. The summed E-state index contributed by atoms with van der Waals surface area (Å²) in [5, 5.41) is 0. The van der Waals surface area contributed by atoms with Crippen LogP contribution in [0, 0.1) is 11.7 Å². The van der Waals surface area contributed by atoms with Crippen molar-refractivity contribution in [3.8, 4) is 5.75 Å². The number of carbonyl (C=O) groups is 1. The standard InChI is InChI=1S/C18H25FN2O3/c19-16-3-1-2-4-17(16)24-12-6-18(22)21-9-7-20(8-10-21)13-15-5-11-23-14-15/h1-4,15H,5-14H2/t15-/m1/s1. The van der Waals surface area contributed by atoms with Crippen molar-refractivity contribution in [3.63, 3.8) is 0 Å². The first kappa shape index (κ1) is 17.2. The Morgan fingerprint density at radius 2 is 2.04 bits per heavy atom. The number of ether oxygens (including phenoxy) is 2. The van der Waals surface area contributed by atoms with Crippen LogP contribution >= 0.6 is 0 Å². The van der Waals surface area contributed by atoms with Crippen LogP contribution in [0.2, 0.25) is 0 Å². The summed E-state index contributed by atoms with van der Waals surface area (Å²) in [6.07, 6.45) is 1.43. The van der Waals surface area contributed by atoms with Gasteiger partial charge in [0.1, 0.15) is 0 Å². The Balaban J connectivity index is 1.35. The maximum Gasteiger partial charge on any atom is 0.226 e. The first-order chi connectivity index (χ1) is 11.7. The molecule has 1 aromatic rings. The molecule has 3 rings (SSSR count). The summed E-state index contributed by atoms with van der Waals surface area (Å²) < 4.78 is 24.2. The van der Waals surface area contributed by atoms with Crippen molar-refractivity contribution in [2.75, 3.05) is 52.5 Å². The Morgan fingerprint density at radius 3 is 2.75 bits per heavy atom. The number of hydrogen-bond donors (Lipinski definition) is 0. The Hall–Kier alpha value is -1.66. The number of halogens is 1. The van der Waals surface area contributed by atoms with Gasteiger partial charge in [0.2, 0.25) is 5.91 Å². The predicted octanol–water partition coefficient (Wildman–Crippen LogP) is 1.78. The van der Waals surface area contributed by atoms with Crippen molar-refractivity contribution in [3.05, 3.63) is 30.1 Å². The van der Waals surface area contributed by atoms with E-state index in [9.17, 15) is 9.18 Å². The minimum absolute atomic E-state index is 0.0789. The Labute approximate surface area is 142 Å². The van der Waals surface area contributed by atoms with Crippen LogP contribution in [0.5, 0.6) is 5.75 Å². The van der Waals surface area contributed by atoms with Crippen molar-refractivity contribution in [1.82, 2.24) is 9.80 Å². The quantitative estimate of drug-likeness (QED) is 0.794. The van der Waals surface area contributed by atoms with E-state index in [1.165, 1.54) is 6.07 Å². The molecule has 1 aromatic carbocycles. The number of hydrogen-bond acceptors (Lipinski definition) is 4. The molecule has 132 valence electrons. The van der Waals surface area contributed by atoms with Crippen LogP contribution in [-0.4, -0.2) is 68.3 Å². The fraction of sp³-hybridized carbons (Fsp3) is 0.611. The molecule has 24 heavy (non-hydrogen) atoms. The van der Waals surface area contributed by atoms with Gasteiger partial charge < -0.3 is 14.4 Å². The van der Waals surface area contributed by atoms with Gasteiger partial charge in [-0.2, -0.15) is 0 Å². The van der Waals surface area contributed by atoms with E-state index in [-0.39, 0.29) is 24.7 Å². The third-order valence-corrected chi connectivity index (χ3v) is 4.68. The number of rotatable bonds is 6. The van der Waals surface area contributed by atoms with Crippen molar-refractivity contribution >= 4 is 5.91 Å². The van der Waals surface area contributed by atoms with Gasteiger partial charge in [0.05, 0.1) is 19.6 Å². The summed E-state index contributed by atoms with van der Waals surface area (Å²) in [6, 6.07) is 6.26. The highest BCUT2D eigenvalue weighted by Gasteiger charge is 2.24. The highest BCUT2D eigenvalue weighted by Crippen LogP contribution is 2.17. The Morgan fingerprint density at radius 1 is 1.25 bits per heavy atom. The number of amides is 1. The molecule has 0 radical (unpaired) electrons. The number of benzene rings is 1. The van der Waals surface area contributed by atoms with Crippen LogP contribution in [0.3, 0.4) is 0 Å². The molecule has 2 aliphatic rings. The van der Waals surface area contributed by atoms with E-state index in [4.69, 9.17) is 9.47 Å². The molecule has 6 heteroatoms. The molecule has 5 nitrogen and oxygen atoms in total. The fourth-order valence-corrected chi connectivity index (χ4v) is 3.24. The molecule has 0 N–H and O–H groups in total. The van der Waals surface area contributed by atoms with Crippen LogP contribution in [-0.2, 0) is 9.53 Å². The number of piperazine rings is 1. The maximum atomic E-state index is 13.4. The van der Waals surface area contributed by atoms with Gasteiger partial charge in [-0.3, -0.25) is 9.69 Å². The van der Waals surface area contributed by atoms with Crippen LogP contribution in [0.1, 0.15) is 12.8 Å². The predicted molar refractivity (Wildman–Crippen MR) is 88.5 cm³/mol. The SMILES string of the molecule is O=C(CCOc1ccccc1F)N1CCN(C[C@H]2CCOC2)CC1. The van der Waals surface area contributed by atoms with Crippen LogP contribution in [0.4, 0.5) is 4.39 Å². The van der Waals surface area contributed by atoms with Gasteiger partial charge in [-0.25, -0.2) is 4.39 Å². The average molecular weight is 336 g/mol. The zero-order valence-corrected chi connectivity index (χ0v) is 14.0. The average Bonchev–Trinajstić information content (AvgIpc) is 3.10. The van der Waals surface area contributed by atoms with Gasteiger partial charge in [0, 0.05) is 39.3 Å². The zero-order valence-electron chi connectivity index (χ0n) is 14.0. The first-order valence-corrected chi connectivity index (χ1v) is 8.67. The van der Waals surface area contributed by atoms with Gasteiger partial charge in [0.25, 0.3) is 0 Å². The molecule has 2 aliphatic heterocycles. The van der Waals surface area contributed by atoms with Crippen LogP contribution < -0.4 is 4.74 Å². The summed E-state index contributed by atoms with van der Waals surface area (Å²) in [5.41, 5.74) is 0. The summed E-state index contributed by atoms with van der Waals surface area (Å²) in [4.78, 5) is 16.5. The third kappa shape index (κ3) is 4.68. The lowest BCUT2D eigenvalue weighted by Crippen LogP contribution is -2.50. The molecule has 0 unspecified atom stereocenters. The molecule has 0 spiro atoms.